The highest BCUT2D eigenvalue weighted by molar-refractivity contribution is 6.03. The fourth-order valence-corrected chi connectivity index (χ4v) is 3.07. The molecule has 1 aromatic carbocycles. The fraction of sp³-hybridized carbons (Fsp3) is 0.316. The smallest absolute Gasteiger partial charge is 0.231 e. The first kappa shape index (κ1) is 19.3. The highest BCUT2D eigenvalue weighted by Crippen LogP contribution is 2.42. The molecule has 0 radical (unpaired) electrons. The third-order valence-corrected chi connectivity index (χ3v) is 4.49. The minimum atomic E-state index is -0.590. The second kappa shape index (κ2) is 8.03. The van der Waals surface area contributed by atoms with E-state index in [0.717, 1.165) is 0 Å². The van der Waals surface area contributed by atoms with Crippen LogP contribution in [0.2, 0.25) is 0 Å². The minimum absolute atomic E-state index is 0.0378. The van der Waals surface area contributed by atoms with Crippen LogP contribution in [0, 0.1) is 5.92 Å². The Bertz CT molecular complexity index is 876. The van der Waals surface area contributed by atoms with Crippen LogP contribution in [-0.4, -0.2) is 49.8 Å². The maximum Gasteiger partial charge on any atom is 0.231 e. The van der Waals surface area contributed by atoms with Gasteiger partial charge in [0.1, 0.15) is 0 Å². The van der Waals surface area contributed by atoms with E-state index in [-0.39, 0.29) is 30.4 Å². The molecule has 2 amide bonds. The first-order valence-corrected chi connectivity index (χ1v) is 8.53. The van der Waals surface area contributed by atoms with Crippen LogP contribution in [0.25, 0.3) is 0 Å². The number of carbonyl (C=O) groups excluding carboxylic acids is 2. The molecular weight excluding hydrogens is 366 g/mol. The molecule has 148 valence electrons. The van der Waals surface area contributed by atoms with Crippen molar-refractivity contribution in [1.82, 2.24) is 4.98 Å². The summed E-state index contributed by atoms with van der Waals surface area (Å²) in [5, 5.41) is 12.3. The average Bonchev–Trinajstić information content (AvgIpc) is 3.10. The number of benzene rings is 1. The van der Waals surface area contributed by atoms with Crippen molar-refractivity contribution < 1.29 is 28.9 Å². The van der Waals surface area contributed by atoms with Crippen LogP contribution < -0.4 is 24.4 Å². The van der Waals surface area contributed by atoms with Gasteiger partial charge in [-0.1, -0.05) is 0 Å². The predicted octanol–water partition coefficient (Wildman–Crippen LogP) is 1.80. The van der Waals surface area contributed by atoms with E-state index in [9.17, 15) is 14.7 Å². The van der Waals surface area contributed by atoms with Gasteiger partial charge in [-0.05, 0) is 12.1 Å². The summed E-state index contributed by atoms with van der Waals surface area (Å²) in [6, 6.07) is 6.29. The van der Waals surface area contributed by atoms with E-state index in [4.69, 9.17) is 14.2 Å². The van der Waals surface area contributed by atoms with E-state index >= 15 is 0 Å². The summed E-state index contributed by atoms with van der Waals surface area (Å²) in [7, 11) is 4.47. The molecule has 2 aromatic rings. The van der Waals surface area contributed by atoms with Gasteiger partial charge in [-0.25, -0.2) is 4.98 Å². The van der Waals surface area contributed by atoms with Crippen molar-refractivity contribution in [3.8, 4) is 23.0 Å². The van der Waals surface area contributed by atoms with Crippen LogP contribution in [0.1, 0.15) is 6.42 Å². The third kappa shape index (κ3) is 3.64. The Morgan fingerprint density at radius 3 is 2.46 bits per heavy atom. The number of aromatic nitrogens is 1. The SMILES string of the molecule is COc1cc(N2C[C@@H](C(=O)Nc3ncccc3O)CC2=O)cc(OC)c1OC. The molecule has 0 bridgehead atoms. The number of carbonyl (C=O) groups is 2. The van der Waals surface area contributed by atoms with Gasteiger partial charge >= 0.3 is 0 Å². The standard InChI is InChI=1S/C19H21N3O6/c1-26-14-8-12(9-15(27-2)17(14)28-3)22-10-11(7-16(22)24)19(25)21-18-13(23)5-4-6-20-18/h4-6,8-9,11,23H,7,10H2,1-3H3,(H,20,21,25)/t11-/m0/s1. The number of rotatable bonds is 6. The van der Waals surface area contributed by atoms with E-state index in [1.165, 1.54) is 38.5 Å². The van der Waals surface area contributed by atoms with Crippen molar-refractivity contribution in [3.05, 3.63) is 30.5 Å². The van der Waals surface area contributed by atoms with E-state index in [0.29, 0.717) is 22.9 Å². The van der Waals surface area contributed by atoms with Gasteiger partial charge in [0, 0.05) is 31.3 Å². The molecule has 1 aromatic heterocycles. The zero-order chi connectivity index (χ0) is 20.3. The zero-order valence-electron chi connectivity index (χ0n) is 15.8. The number of hydrogen-bond acceptors (Lipinski definition) is 7. The highest BCUT2D eigenvalue weighted by atomic mass is 16.5. The lowest BCUT2D eigenvalue weighted by molar-refractivity contribution is -0.122. The Morgan fingerprint density at radius 1 is 1.21 bits per heavy atom. The topological polar surface area (TPSA) is 110 Å². The number of pyridine rings is 1. The molecule has 9 nitrogen and oxygen atoms in total. The van der Waals surface area contributed by atoms with Gasteiger partial charge in [0.2, 0.25) is 17.6 Å². The van der Waals surface area contributed by atoms with Crippen LogP contribution in [0.3, 0.4) is 0 Å². The third-order valence-electron chi connectivity index (χ3n) is 4.49. The molecule has 28 heavy (non-hydrogen) atoms. The van der Waals surface area contributed by atoms with E-state index in [2.05, 4.69) is 10.3 Å². The molecule has 1 aliphatic rings. The Balaban J connectivity index is 1.81. The second-order valence-electron chi connectivity index (χ2n) is 6.15. The molecule has 0 aliphatic carbocycles. The second-order valence-corrected chi connectivity index (χ2v) is 6.15. The van der Waals surface area contributed by atoms with E-state index in [1.54, 1.807) is 18.2 Å². The molecule has 2 heterocycles. The lowest BCUT2D eigenvalue weighted by Crippen LogP contribution is -2.28. The lowest BCUT2D eigenvalue weighted by Gasteiger charge is -2.20. The monoisotopic (exact) mass is 387 g/mol. The van der Waals surface area contributed by atoms with Gasteiger partial charge in [-0.3, -0.25) is 9.59 Å². The van der Waals surface area contributed by atoms with Gasteiger partial charge in [-0.15, -0.1) is 0 Å². The molecule has 0 unspecified atom stereocenters. The molecule has 1 aliphatic heterocycles. The molecule has 0 saturated carbocycles. The number of nitrogens with one attached hydrogen (secondary N) is 1. The predicted molar refractivity (Wildman–Crippen MR) is 101 cm³/mol. The van der Waals surface area contributed by atoms with Gasteiger partial charge in [0.05, 0.1) is 32.9 Å². The molecule has 3 rings (SSSR count). The van der Waals surface area contributed by atoms with Crippen LogP contribution in [0.5, 0.6) is 23.0 Å². The summed E-state index contributed by atoms with van der Waals surface area (Å²) >= 11 is 0. The Labute approximate surface area is 161 Å². The fourth-order valence-electron chi connectivity index (χ4n) is 3.07. The molecule has 1 atom stereocenters. The average molecular weight is 387 g/mol. The van der Waals surface area contributed by atoms with Crippen molar-refractivity contribution in [3.63, 3.8) is 0 Å². The van der Waals surface area contributed by atoms with Crippen LogP contribution >= 0.6 is 0 Å². The summed E-state index contributed by atoms with van der Waals surface area (Å²) in [5.74, 6) is -0.0231. The first-order valence-electron chi connectivity index (χ1n) is 8.53. The van der Waals surface area contributed by atoms with Crippen molar-refractivity contribution in [1.29, 1.82) is 0 Å². The van der Waals surface area contributed by atoms with Crippen molar-refractivity contribution in [2.24, 2.45) is 5.92 Å². The summed E-state index contributed by atoms with van der Waals surface area (Å²) < 4.78 is 15.9. The first-order chi connectivity index (χ1) is 13.5. The summed E-state index contributed by atoms with van der Waals surface area (Å²) in [6.45, 7) is 0.177. The number of hydrogen-bond donors (Lipinski definition) is 2. The van der Waals surface area contributed by atoms with Gasteiger partial charge < -0.3 is 29.5 Å². The summed E-state index contributed by atoms with van der Waals surface area (Å²) in [5.41, 5.74) is 0.537. The van der Waals surface area contributed by atoms with Crippen molar-refractivity contribution in [2.75, 3.05) is 38.1 Å². The highest BCUT2D eigenvalue weighted by Gasteiger charge is 2.36. The van der Waals surface area contributed by atoms with Crippen LogP contribution in [-0.2, 0) is 9.59 Å². The van der Waals surface area contributed by atoms with Gasteiger partial charge in [0.15, 0.2) is 23.1 Å². The number of amides is 2. The molecular formula is C19H21N3O6. The quantitative estimate of drug-likeness (QED) is 0.778. The Kier molecular flexibility index (Phi) is 5.53. The Hall–Kier alpha value is -3.49. The minimum Gasteiger partial charge on any atom is -0.504 e. The molecule has 1 fully saturated rings. The number of aromatic hydroxyl groups is 1. The number of methoxy groups -OCH3 is 3. The molecule has 0 spiro atoms. The van der Waals surface area contributed by atoms with Gasteiger partial charge in [0.25, 0.3) is 0 Å². The lowest BCUT2D eigenvalue weighted by atomic mass is 10.1. The number of anilines is 2. The van der Waals surface area contributed by atoms with E-state index < -0.39 is 11.8 Å². The number of nitrogens with zero attached hydrogens (tertiary/aromatic N) is 2. The van der Waals surface area contributed by atoms with Crippen LogP contribution in [0.15, 0.2) is 30.5 Å². The number of ether oxygens (including phenoxy) is 3. The van der Waals surface area contributed by atoms with E-state index in [1.807, 2.05) is 0 Å². The van der Waals surface area contributed by atoms with Gasteiger partial charge in [-0.2, -0.15) is 0 Å². The summed E-state index contributed by atoms with van der Waals surface area (Å²) in [6.07, 6.45) is 1.49. The normalized spacial score (nSPS) is 16.0. The maximum atomic E-state index is 12.5. The Morgan fingerprint density at radius 2 is 1.89 bits per heavy atom. The molecule has 1 saturated heterocycles. The van der Waals surface area contributed by atoms with Crippen molar-refractivity contribution in [2.45, 2.75) is 6.42 Å². The molecule has 9 heteroatoms. The van der Waals surface area contributed by atoms with Crippen molar-refractivity contribution >= 4 is 23.3 Å². The largest absolute Gasteiger partial charge is 0.504 e. The molecule has 2 N–H and O–H groups in total. The van der Waals surface area contributed by atoms with Crippen LogP contribution in [0.4, 0.5) is 11.5 Å². The maximum absolute atomic E-state index is 12.5. The summed E-state index contributed by atoms with van der Waals surface area (Å²) in [4.78, 5) is 30.5. The zero-order valence-corrected chi connectivity index (χ0v) is 15.8.